The summed E-state index contributed by atoms with van der Waals surface area (Å²) in [5, 5.41) is 0.912. The Morgan fingerprint density at radius 1 is 0.880 bits per heavy atom. The van der Waals surface area contributed by atoms with Crippen LogP contribution in [0.15, 0.2) is 87.0 Å². The van der Waals surface area contributed by atoms with E-state index in [0.29, 0.717) is 28.8 Å². The van der Waals surface area contributed by atoms with Gasteiger partial charge in [-0.25, -0.2) is 4.39 Å². The number of rotatable bonds is 4. The molecule has 0 saturated carbocycles. The van der Waals surface area contributed by atoms with E-state index in [1.165, 1.54) is 6.07 Å². The maximum absolute atomic E-state index is 14.2. The summed E-state index contributed by atoms with van der Waals surface area (Å²) in [6, 6.07) is 22.2. The Labute approximate surface area is 148 Å². The third-order valence-corrected chi connectivity index (χ3v) is 4.86. The monoisotopic (exact) mass is 348 g/mol. The minimum absolute atomic E-state index is 0.305. The summed E-state index contributed by atoms with van der Waals surface area (Å²) in [5.41, 5.74) is 1.35. The first-order chi connectivity index (χ1) is 12.2. The van der Waals surface area contributed by atoms with Gasteiger partial charge in [0.25, 0.3) is 0 Å². The molecule has 0 amide bonds. The van der Waals surface area contributed by atoms with Gasteiger partial charge >= 0.3 is 0 Å². The second-order valence-corrected chi connectivity index (χ2v) is 6.73. The first-order valence-corrected chi connectivity index (χ1v) is 8.56. The average molecular weight is 348 g/mol. The lowest BCUT2D eigenvalue weighted by atomic mass is 10.1. The van der Waals surface area contributed by atoms with E-state index in [0.717, 1.165) is 15.2 Å². The molecule has 1 aromatic heterocycles. The molecule has 2 nitrogen and oxygen atoms in total. The van der Waals surface area contributed by atoms with Crippen LogP contribution in [0.4, 0.5) is 4.39 Å². The molecule has 0 saturated heterocycles. The van der Waals surface area contributed by atoms with E-state index in [1.54, 1.807) is 23.9 Å². The van der Waals surface area contributed by atoms with Crippen molar-refractivity contribution in [3.63, 3.8) is 0 Å². The van der Waals surface area contributed by atoms with Gasteiger partial charge in [-0.3, -0.25) is 4.79 Å². The number of fused-ring (bicyclic) bond motifs is 1. The van der Waals surface area contributed by atoms with Crippen LogP contribution in [0.2, 0.25) is 0 Å². The Morgan fingerprint density at radius 2 is 1.72 bits per heavy atom. The summed E-state index contributed by atoms with van der Waals surface area (Å²) in [6.07, 6.45) is 0.624. The number of carbonyl (C=O) groups excluding carboxylic acids is 1. The normalized spacial score (nSPS) is 10.9. The highest BCUT2D eigenvalue weighted by molar-refractivity contribution is 7.99. The molecule has 122 valence electrons. The first-order valence-electron chi connectivity index (χ1n) is 7.74. The second kappa shape index (κ2) is 6.57. The largest absolute Gasteiger partial charge is 0.456 e. The van der Waals surface area contributed by atoms with Gasteiger partial charge in [-0.1, -0.05) is 36.0 Å². The minimum atomic E-state index is -0.470. The third kappa shape index (κ3) is 3.21. The van der Waals surface area contributed by atoms with E-state index in [1.807, 2.05) is 42.5 Å². The van der Waals surface area contributed by atoms with Crippen molar-refractivity contribution in [2.45, 2.75) is 9.79 Å². The molecule has 0 aliphatic rings. The van der Waals surface area contributed by atoms with E-state index in [9.17, 15) is 9.18 Å². The molecule has 4 rings (SSSR count). The molecule has 1 heterocycles. The molecule has 4 aromatic rings. The van der Waals surface area contributed by atoms with Gasteiger partial charge in [-0.2, -0.15) is 0 Å². The maximum atomic E-state index is 14.2. The summed E-state index contributed by atoms with van der Waals surface area (Å²) in [5.74, 6) is -0.0191. The molecule has 0 unspecified atom stereocenters. The van der Waals surface area contributed by atoms with Gasteiger partial charge in [0.2, 0.25) is 0 Å². The summed E-state index contributed by atoms with van der Waals surface area (Å²) in [4.78, 5) is 13.0. The molecular formula is C21H13FO2S. The summed E-state index contributed by atoms with van der Waals surface area (Å²) in [6.45, 7) is 0. The summed E-state index contributed by atoms with van der Waals surface area (Å²) < 4.78 is 20.0. The van der Waals surface area contributed by atoms with Crippen LogP contribution in [-0.2, 0) is 0 Å². The zero-order chi connectivity index (χ0) is 17.2. The minimum Gasteiger partial charge on any atom is -0.456 e. The van der Waals surface area contributed by atoms with Crippen molar-refractivity contribution < 1.29 is 13.6 Å². The highest BCUT2D eigenvalue weighted by Gasteiger charge is 2.12. The van der Waals surface area contributed by atoms with Crippen molar-refractivity contribution in [1.29, 1.82) is 0 Å². The zero-order valence-corrected chi connectivity index (χ0v) is 13.9. The quantitative estimate of drug-likeness (QED) is 0.411. The van der Waals surface area contributed by atoms with Crippen molar-refractivity contribution in [2.75, 3.05) is 0 Å². The van der Waals surface area contributed by atoms with Crippen molar-refractivity contribution in [3.8, 4) is 11.3 Å². The summed E-state index contributed by atoms with van der Waals surface area (Å²) >= 11 is 1.66. The molecule has 0 N–H and O–H groups in total. The summed E-state index contributed by atoms with van der Waals surface area (Å²) in [7, 11) is 0. The van der Waals surface area contributed by atoms with E-state index >= 15 is 0 Å². The Balaban J connectivity index is 1.70. The smallest absolute Gasteiger partial charge is 0.150 e. The van der Waals surface area contributed by atoms with Gasteiger partial charge in [-0.05, 0) is 48.5 Å². The molecule has 4 heteroatoms. The molecule has 0 aliphatic carbocycles. The Kier molecular flexibility index (Phi) is 4.12. The van der Waals surface area contributed by atoms with Crippen LogP contribution in [0.3, 0.4) is 0 Å². The van der Waals surface area contributed by atoms with E-state index in [2.05, 4.69) is 12.1 Å². The lowest BCUT2D eigenvalue weighted by Crippen LogP contribution is -1.86. The molecule has 0 fully saturated rings. The third-order valence-electron chi connectivity index (χ3n) is 3.86. The maximum Gasteiger partial charge on any atom is 0.150 e. The molecule has 0 spiro atoms. The highest BCUT2D eigenvalue weighted by Crippen LogP contribution is 2.34. The SMILES string of the molecule is O=Cc1ccc(-c2cc3cc(Sc4ccccc4)ccc3o2)c(F)c1. The number of furan rings is 1. The van der Waals surface area contributed by atoms with Crippen molar-refractivity contribution >= 4 is 29.0 Å². The van der Waals surface area contributed by atoms with Gasteiger partial charge in [0.1, 0.15) is 23.4 Å². The Morgan fingerprint density at radius 3 is 2.48 bits per heavy atom. The van der Waals surface area contributed by atoms with Crippen LogP contribution < -0.4 is 0 Å². The van der Waals surface area contributed by atoms with Crippen LogP contribution in [0.25, 0.3) is 22.3 Å². The molecule has 3 aromatic carbocycles. The van der Waals surface area contributed by atoms with Crippen molar-refractivity contribution in [3.05, 3.63) is 84.2 Å². The standard InChI is InChI=1S/C21H13FO2S/c22-19-10-14(13-23)6-8-18(19)21-12-15-11-17(7-9-20(15)24-21)25-16-4-2-1-3-5-16/h1-13H. The number of halogens is 1. The predicted molar refractivity (Wildman–Crippen MR) is 97.6 cm³/mol. The molecule has 25 heavy (non-hydrogen) atoms. The topological polar surface area (TPSA) is 30.2 Å². The molecule has 0 radical (unpaired) electrons. The van der Waals surface area contributed by atoms with Crippen LogP contribution in [0.1, 0.15) is 10.4 Å². The number of benzene rings is 3. The number of aldehydes is 1. The van der Waals surface area contributed by atoms with Crippen molar-refractivity contribution in [2.24, 2.45) is 0 Å². The highest BCUT2D eigenvalue weighted by atomic mass is 32.2. The lowest BCUT2D eigenvalue weighted by molar-refractivity contribution is 0.112. The second-order valence-electron chi connectivity index (χ2n) is 5.58. The van der Waals surface area contributed by atoms with Crippen LogP contribution in [0.5, 0.6) is 0 Å². The Bertz CT molecular complexity index is 1050. The van der Waals surface area contributed by atoms with Crippen LogP contribution in [0, 0.1) is 5.82 Å². The van der Waals surface area contributed by atoms with Crippen molar-refractivity contribution in [1.82, 2.24) is 0 Å². The number of hydrogen-bond donors (Lipinski definition) is 0. The van der Waals surface area contributed by atoms with Crippen LogP contribution in [-0.4, -0.2) is 6.29 Å². The van der Waals surface area contributed by atoms with E-state index in [4.69, 9.17) is 4.42 Å². The molecular weight excluding hydrogens is 335 g/mol. The van der Waals surface area contributed by atoms with E-state index in [-0.39, 0.29) is 0 Å². The molecule has 0 bridgehead atoms. The van der Waals surface area contributed by atoms with Crippen LogP contribution >= 0.6 is 11.8 Å². The number of carbonyl (C=O) groups is 1. The van der Waals surface area contributed by atoms with Gasteiger partial charge < -0.3 is 4.42 Å². The molecule has 0 atom stereocenters. The predicted octanol–water partition coefficient (Wildman–Crippen LogP) is 6.20. The average Bonchev–Trinajstić information content (AvgIpc) is 3.05. The van der Waals surface area contributed by atoms with Gasteiger partial charge in [0, 0.05) is 20.7 Å². The first kappa shape index (κ1) is 15.7. The molecule has 0 aliphatic heterocycles. The fourth-order valence-electron chi connectivity index (χ4n) is 2.65. The van der Waals surface area contributed by atoms with Gasteiger partial charge in [0.05, 0.1) is 5.56 Å². The van der Waals surface area contributed by atoms with Gasteiger partial charge in [-0.15, -0.1) is 0 Å². The van der Waals surface area contributed by atoms with E-state index < -0.39 is 5.82 Å². The fourth-order valence-corrected chi connectivity index (χ4v) is 3.53. The lowest BCUT2D eigenvalue weighted by Gasteiger charge is -2.00. The Hall–Kier alpha value is -2.85. The number of hydrogen-bond acceptors (Lipinski definition) is 3. The fraction of sp³-hybridized carbons (Fsp3) is 0. The zero-order valence-electron chi connectivity index (χ0n) is 13.1. The van der Waals surface area contributed by atoms with Gasteiger partial charge in [0.15, 0.2) is 0 Å².